The Bertz CT molecular complexity index is 709. The maximum atomic E-state index is 12.5. The molecule has 1 atom stereocenters. The van der Waals surface area contributed by atoms with E-state index in [2.05, 4.69) is 45.6 Å². The van der Waals surface area contributed by atoms with Crippen molar-refractivity contribution in [3.8, 4) is 0 Å². The molecule has 5 nitrogen and oxygen atoms in total. The lowest BCUT2D eigenvalue weighted by molar-refractivity contribution is -0.122. The van der Waals surface area contributed by atoms with E-state index in [-0.39, 0.29) is 11.3 Å². The van der Waals surface area contributed by atoms with Crippen LogP contribution in [0.2, 0.25) is 0 Å². The summed E-state index contributed by atoms with van der Waals surface area (Å²) in [6.45, 7) is 4.19. The Kier molecular flexibility index (Phi) is 5.07. The molecule has 1 saturated carbocycles. The summed E-state index contributed by atoms with van der Waals surface area (Å²) in [6.07, 6.45) is 8.54. The molecule has 138 valence electrons. The zero-order valence-electron chi connectivity index (χ0n) is 15.3. The van der Waals surface area contributed by atoms with Crippen LogP contribution < -0.4 is 5.32 Å². The third kappa shape index (κ3) is 4.33. The normalized spacial score (nSPS) is 22.1. The van der Waals surface area contributed by atoms with E-state index in [9.17, 15) is 4.79 Å². The molecule has 1 aliphatic heterocycles. The average Bonchev–Trinajstić information content (AvgIpc) is 3.24. The van der Waals surface area contributed by atoms with Gasteiger partial charge in [0, 0.05) is 37.4 Å². The molecule has 1 unspecified atom stereocenters. The molecule has 1 N–H and O–H groups in total. The van der Waals surface area contributed by atoms with Crippen LogP contribution in [0, 0.1) is 5.41 Å². The van der Waals surface area contributed by atoms with Crippen molar-refractivity contribution >= 4 is 5.91 Å². The van der Waals surface area contributed by atoms with E-state index in [0.717, 1.165) is 32.6 Å². The zero-order chi connectivity index (χ0) is 17.8. The van der Waals surface area contributed by atoms with E-state index < -0.39 is 0 Å². The fourth-order valence-electron chi connectivity index (χ4n) is 4.05. The third-order valence-corrected chi connectivity index (χ3v) is 5.82. The van der Waals surface area contributed by atoms with Gasteiger partial charge >= 0.3 is 0 Å². The van der Waals surface area contributed by atoms with E-state index in [0.29, 0.717) is 12.5 Å². The highest BCUT2D eigenvalue weighted by Gasteiger charge is 2.43. The van der Waals surface area contributed by atoms with Gasteiger partial charge < -0.3 is 5.32 Å². The van der Waals surface area contributed by atoms with Crippen LogP contribution in [0.3, 0.4) is 0 Å². The first kappa shape index (κ1) is 17.3. The molecule has 5 heteroatoms. The summed E-state index contributed by atoms with van der Waals surface area (Å²) in [5.41, 5.74) is 1.62. The molecule has 0 radical (unpaired) electrons. The van der Waals surface area contributed by atoms with Gasteiger partial charge in [-0.3, -0.25) is 14.4 Å². The van der Waals surface area contributed by atoms with Gasteiger partial charge in [0.15, 0.2) is 0 Å². The van der Waals surface area contributed by atoms with Crippen LogP contribution in [0.25, 0.3) is 0 Å². The van der Waals surface area contributed by atoms with Crippen molar-refractivity contribution < 1.29 is 4.79 Å². The topological polar surface area (TPSA) is 50.2 Å². The first-order chi connectivity index (χ1) is 12.7. The Morgan fingerprint density at radius 1 is 1.23 bits per heavy atom. The van der Waals surface area contributed by atoms with Crippen molar-refractivity contribution in [2.75, 3.05) is 26.2 Å². The first-order valence-electron chi connectivity index (χ1n) is 9.74. The number of rotatable bonds is 7. The molecule has 1 amide bonds. The fraction of sp³-hybridized carbons (Fsp3) is 0.524. The predicted molar refractivity (Wildman–Crippen MR) is 102 cm³/mol. The minimum atomic E-state index is 0.158. The van der Waals surface area contributed by atoms with Gasteiger partial charge in [-0.15, -0.1) is 0 Å². The number of hydrogen-bond donors (Lipinski definition) is 1. The number of amides is 1. The summed E-state index contributed by atoms with van der Waals surface area (Å²) < 4.78 is 1.98. The minimum Gasteiger partial charge on any atom is -0.354 e. The van der Waals surface area contributed by atoms with Crippen molar-refractivity contribution in [1.82, 2.24) is 20.0 Å². The number of hydrogen-bond acceptors (Lipinski definition) is 3. The van der Waals surface area contributed by atoms with E-state index in [4.69, 9.17) is 0 Å². The zero-order valence-corrected chi connectivity index (χ0v) is 15.3. The maximum Gasteiger partial charge on any atom is 0.234 e. The molecule has 2 aliphatic rings. The quantitative estimate of drug-likeness (QED) is 0.833. The number of nitrogens with one attached hydrogen (secondary N) is 1. The number of piperidine rings is 1. The van der Waals surface area contributed by atoms with Crippen LogP contribution in [0.5, 0.6) is 0 Å². The lowest BCUT2D eigenvalue weighted by Crippen LogP contribution is -2.43. The molecule has 1 aromatic carbocycles. The number of nitrogens with zero attached hydrogens (tertiary/aromatic N) is 3. The van der Waals surface area contributed by atoms with Crippen LogP contribution in [-0.4, -0.2) is 46.8 Å². The largest absolute Gasteiger partial charge is 0.354 e. The van der Waals surface area contributed by atoms with Crippen LogP contribution >= 0.6 is 0 Å². The number of aromatic nitrogens is 2. The molecule has 26 heavy (non-hydrogen) atoms. The number of carbonyl (C=O) groups excluding carboxylic acids is 1. The second-order valence-electron chi connectivity index (χ2n) is 7.97. The van der Waals surface area contributed by atoms with Gasteiger partial charge in [0.25, 0.3) is 0 Å². The van der Waals surface area contributed by atoms with Gasteiger partial charge in [-0.25, -0.2) is 0 Å². The second kappa shape index (κ2) is 7.62. The Hall–Kier alpha value is -2.14. The van der Waals surface area contributed by atoms with Crippen LogP contribution in [0.1, 0.15) is 37.2 Å². The Morgan fingerprint density at radius 3 is 2.81 bits per heavy atom. The Balaban J connectivity index is 1.24. The lowest BCUT2D eigenvalue weighted by atomic mass is 9.91. The molecule has 2 heterocycles. The monoisotopic (exact) mass is 352 g/mol. The number of benzene rings is 1. The van der Waals surface area contributed by atoms with E-state index >= 15 is 0 Å². The van der Waals surface area contributed by atoms with Crippen LogP contribution in [-0.2, 0) is 11.3 Å². The van der Waals surface area contributed by atoms with Gasteiger partial charge in [-0.05, 0) is 49.8 Å². The SMILES string of the molecule is O=C(CN1CCCC(c2ccccc2)C1)NCC1(Cn2cccn2)CC1. The van der Waals surface area contributed by atoms with E-state index in [1.807, 2.05) is 23.1 Å². The van der Waals surface area contributed by atoms with Crippen molar-refractivity contribution in [3.05, 3.63) is 54.4 Å². The molecule has 1 aliphatic carbocycles. The standard InChI is InChI=1S/C21H28N4O/c26-20(22-16-21(9-10-21)17-25-13-5-11-23-25)15-24-12-4-8-19(14-24)18-6-2-1-3-7-18/h1-3,5-7,11,13,19H,4,8-10,12,14-17H2,(H,22,26). The van der Waals surface area contributed by atoms with Crippen molar-refractivity contribution in [3.63, 3.8) is 0 Å². The fourth-order valence-corrected chi connectivity index (χ4v) is 4.05. The Labute approximate surface area is 155 Å². The molecule has 0 spiro atoms. The molecule has 2 fully saturated rings. The molecule has 1 saturated heterocycles. The van der Waals surface area contributed by atoms with E-state index in [1.54, 1.807) is 0 Å². The molecule has 2 aromatic rings. The first-order valence-corrected chi connectivity index (χ1v) is 9.74. The van der Waals surface area contributed by atoms with Crippen molar-refractivity contribution in [2.24, 2.45) is 5.41 Å². The van der Waals surface area contributed by atoms with E-state index in [1.165, 1.54) is 24.8 Å². The maximum absolute atomic E-state index is 12.5. The van der Waals surface area contributed by atoms with Gasteiger partial charge in [0.1, 0.15) is 0 Å². The van der Waals surface area contributed by atoms with Crippen molar-refractivity contribution in [1.29, 1.82) is 0 Å². The van der Waals surface area contributed by atoms with Crippen molar-refractivity contribution in [2.45, 2.75) is 38.1 Å². The van der Waals surface area contributed by atoms with Gasteiger partial charge in [0.05, 0.1) is 6.54 Å². The molecule has 4 rings (SSSR count). The summed E-state index contributed by atoms with van der Waals surface area (Å²) in [4.78, 5) is 14.8. The molecular formula is C21H28N4O. The predicted octanol–water partition coefficient (Wildman–Crippen LogP) is 2.66. The second-order valence-corrected chi connectivity index (χ2v) is 7.97. The van der Waals surface area contributed by atoms with Gasteiger partial charge in [-0.2, -0.15) is 5.10 Å². The summed E-state index contributed by atoms with van der Waals surface area (Å²) >= 11 is 0. The molecular weight excluding hydrogens is 324 g/mol. The third-order valence-electron chi connectivity index (χ3n) is 5.82. The van der Waals surface area contributed by atoms with Gasteiger partial charge in [-0.1, -0.05) is 30.3 Å². The number of carbonyl (C=O) groups is 1. The lowest BCUT2D eigenvalue weighted by Gasteiger charge is -2.32. The van der Waals surface area contributed by atoms with Crippen LogP contribution in [0.4, 0.5) is 0 Å². The molecule has 0 bridgehead atoms. The summed E-state index contributed by atoms with van der Waals surface area (Å²) in [7, 11) is 0. The summed E-state index contributed by atoms with van der Waals surface area (Å²) in [6, 6.07) is 12.6. The number of likely N-dealkylation sites (tertiary alicyclic amines) is 1. The molecule has 1 aromatic heterocycles. The highest BCUT2D eigenvalue weighted by Crippen LogP contribution is 2.46. The summed E-state index contributed by atoms with van der Waals surface area (Å²) in [5.74, 6) is 0.706. The highest BCUT2D eigenvalue weighted by molar-refractivity contribution is 5.78. The van der Waals surface area contributed by atoms with Gasteiger partial charge in [0.2, 0.25) is 5.91 Å². The Morgan fingerprint density at radius 2 is 2.08 bits per heavy atom. The average molecular weight is 352 g/mol. The minimum absolute atomic E-state index is 0.158. The smallest absolute Gasteiger partial charge is 0.234 e. The summed E-state index contributed by atoms with van der Waals surface area (Å²) in [5, 5.41) is 7.47. The van der Waals surface area contributed by atoms with Crippen LogP contribution in [0.15, 0.2) is 48.8 Å². The highest BCUT2D eigenvalue weighted by atomic mass is 16.2.